The number of pyridine rings is 1. The van der Waals surface area contributed by atoms with Crippen molar-refractivity contribution in [2.24, 2.45) is 0 Å². The first-order valence-electron chi connectivity index (χ1n) is 10.6. The minimum Gasteiger partial charge on any atom is -0.487 e. The van der Waals surface area contributed by atoms with Crippen LogP contribution >= 0.6 is 11.3 Å². The van der Waals surface area contributed by atoms with Crippen LogP contribution in [0, 0.1) is 6.92 Å². The zero-order chi connectivity index (χ0) is 21.2. The Labute approximate surface area is 184 Å². The predicted molar refractivity (Wildman–Crippen MR) is 122 cm³/mol. The third-order valence-corrected chi connectivity index (χ3v) is 6.62. The summed E-state index contributed by atoms with van der Waals surface area (Å²) in [5, 5.41) is 3.64. The van der Waals surface area contributed by atoms with Crippen LogP contribution in [-0.4, -0.2) is 20.3 Å². The zero-order valence-corrected chi connectivity index (χ0v) is 18.2. The standard InChI is InChI=1S/C24H24N4O2S/c1-16-6-5-13-28-14-18(25-22(16)28)15-30-19-11-9-17(10-12-19)23(29)27-24-26-20-7-3-2-4-8-21(20)31-24/h5-6,9-14H,2-4,7-8,15H2,1H3,(H,26,27,29). The third kappa shape index (κ3) is 4.32. The highest BCUT2D eigenvalue weighted by Gasteiger charge is 2.16. The highest BCUT2D eigenvalue weighted by Crippen LogP contribution is 2.29. The van der Waals surface area contributed by atoms with Gasteiger partial charge in [0.15, 0.2) is 5.13 Å². The molecule has 0 radical (unpaired) electrons. The number of fused-ring (bicyclic) bond motifs is 2. The van der Waals surface area contributed by atoms with Crippen LogP contribution in [-0.2, 0) is 19.4 Å². The summed E-state index contributed by atoms with van der Waals surface area (Å²) < 4.78 is 7.86. The molecule has 0 saturated carbocycles. The van der Waals surface area contributed by atoms with Gasteiger partial charge in [-0.2, -0.15) is 0 Å². The Morgan fingerprint density at radius 1 is 1.13 bits per heavy atom. The number of nitrogens with one attached hydrogen (secondary N) is 1. The first-order chi connectivity index (χ1) is 15.2. The van der Waals surface area contributed by atoms with Gasteiger partial charge in [0, 0.05) is 22.8 Å². The van der Waals surface area contributed by atoms with E-state index in [1.54, 1.807) is 23.5 Å². The molecule has 4 aromatic rings. The van der Waals surface area contributed by atoms with Crippen LogP contribution in [0.15, 0.2) is 48.8 Å². The normalized spacial score (nSPS) is 13.6. The summed E-state index contributed by atoms with van der Waals surface area (Å²) in [4.78, 5) is 23.2. The Morgan fingerprint density at radius 2 is 1.97 bits per heavy atom. The van der Waals surface area contributed by atoms with Crippen molar-refractivity contribution in [3.8, 4) is 5.75 Å². The molecular formula is C24H24N4O2S. The molecule has 7 heteroatoms. The van der Waals surface area contributed by atoms with Gasteiger partial charge in [0.1, 0.15) is 18.0 Å². The van der Waals surface area contributed by atoms with Gasteiger partial charge < -0.3 is 9.14 Å². The monoisotopic (exact) mass is 432 g/mol. The maximum Gasteiger partial charge on any atom is 0.257 e. The average molecular weight is 433 g/mol. The number of benzene rings is 1. The van der Waals surface area contributed by atoms with Crippen LogP contribution in [0.2, 0.25) is 0 Å². The molecule has 31 heavy (non-hydrogen) atoms. The molecule has 5 rings (SSSR count). The fourth-order valence-corrected chi connectivity index (χ4v) is 4.93. The number of aryl methyl sites for hydroxylation is 3. The van der Waals surface area contributed by atoms with Crippen LogP contribution in [0.1, 0.15) is 51.4 Å². The molecule has 3 heterocycles. The van der Waals surface area contributed by atoms with E-state index in [9.17, 15) is 4.79 Å². The van der Waals surface area contributed by atoms with Crippen molar-refractivity contribution >= 4 is 28.0 Å². The summed E-state index contributed by atoms with van der Waals surface area (Å²) in [5.41, 5.74) is 4.66. The number of carbonyl (C=O) groups is 1. The van der Waals surface area contributed by atoms with E-state index in [-0.39, 0.29) is 5.91 Å². The first-order valence-corrected chi connectivity index (χ1v) is 11.4. The number of amides is 1. The third-order valence-electron chi connectivity index (χ3n) is 5.55. The van der Waals surface area contributed by atoms with E-state index in [0.717, 1.165) is 35.4 Å². The van der Waals surface area contributed by atoms with Gasteiger partial charge in [-0.05, 0) is 68.5 Å². The van der Waals surface area contributed by atoms with E-state index < -0.39 is 0 Å². The summed E-state index contributed by atoms with van der Waals surface area (Å²) in [6.07, 6.45) is 9.68. The number of aromatic nitrogens is 3. The number of carbonyl (C=O) groups excluding carboxylic acids is 1. The molecule has 0 atom stereocenters. The largest absolute Gasteiger partial charge is 0.487 e. The van der Waals surface area contributed by atoms with Crippen LogP contribution in [0.5, 0.6) is 5.75 Å². The molecular weight excluding hydrogens is 408 g/mol. The van der Waals surface area contributed by atoms with Gasteiger partial charge in [-0.3, -0.25) is 10.1 Å². The highest BCUT2D eigenvalue weighted by atomic mass is 32.1. The van der Waals surface area contributed by atoms with E-state index >= 15 is 0 Å². The second-order valence-electron chi connectivity index (χ2n) is 7.87. The number of hydrogen-bond donors (Lipinski definition) is 1. The Hall–Kier alpha value is -3.19. The molecule has 0 fully saturated rings. The Kier molecular flexibility index (Phi) is 5.42. The number of rotatable bonds is 5. The molecule has 1 aliphatic carbocycles. The van der Waals surface area contributed by atoms with E-state index in [1.165, 1.54) is 24.1 Å². The molecule has 1 amide bonds. The number of imidazole rings is 1. The molecule has 1 N–H and O–H groups in total. The van der Waals surface area contributed by atoms with Crippen molar-refractivity contribution in [3.05, 3.63) is 76.2 Å². The molecule has 1 aromatic carbocycles. The van der Waals surface area contributed by atoms with E-state index in [4.69, 9.17) is 4.74 Å². The van der Waals surface area contributed by atoms with E-state index in [1.807, 2.05) is 48.0 Å². The zero-order valence-electron chi connectivity index (χ0n) is 17.4. The fourth-order valence-electron chi connectivity index (χ4n) is 3.89. The smallest absolute Gasteiger partial charge is 0.257 e. The molecule has 3 aromatic heterocycles. The number of hydrogen-bond acceptors (Lipinski definition) is 5. The number of ether oxygens (including phenoxy) is 1. The Balaban J connectivity index is 1.21. The lowest BCUT2D eigenvalue weighted by Crippen LogP contribution is -2.11. The minimum absolute atomic E-state index is 0.147. The maximum atomic E-state index is 12.6. The van der Waals surface area contributed by atoms with Gasteiger partial charge in [0.2, 0.25) is 0 Å². The van der Waals surface area contributed by atoms with Crippen LogP contribution in [0.25, 0.3) is 5.65 Å². The minimum atomic E-state index is -0.147. The summed E-state index contributed by atoms with van der Waals surface area (Å²) in [6.45, 7) is 2.41. The lowest BCUT2D eigenvalue weighted by atomic mass is 10.2. The topological polar surface area (TPSA) is 68.5 Å². The Bertz CT molecular complexity index is 1200. The molecule has 0 aliphatic heterocycles. The van der Waals surface area contributed by atoms with Crippen LogP contribution in [0.4, 0.5) is 5.13 Å². The Morgan fingerprint density at radius 3 is 2.81 bits per heavy atom. The number of thiazole rings is 1. The summed E-state index contributed by atoms with van der Waals surface area (Å²) in [5.74, 6) is 0.553. The van der Waals surface area contributed by atoms with Crippen molar-refractivity contribution < 1.29 is 9.53 Å². The lowest BCUT2D eigenvalue weighted by molar-refractivity contribution is 0.102. The summed E-state index contributed by atoms with van der Waals surface area (Å²) in [6, 6.07) is 11.2. The first kappa shape index (κ1) is 19.8. The number of anilines is 1. The molecule has 0 bridgehead atoms. The highest BCUT2D eigenvalue weighted by molar-refractivity contribution is 7.15. The molecule has 6 nitrogen and oxygen atoms in total. The SMILES string of the molecule is Cc1cccn2cc(COc3ccc(C(=O)Nc4nc5c(s4)CCCCC5)cc3)nc12. The van der Waals surface area contributed by atoms with Crippen molar-refractivity contribution in [1.29, 1.82) is 0 Å². The van der Waals surface area contributed by atoms with Gasteiger partial charge in [-0.25, -0.2) is 9.97 Å². The predicted octanol–water partition coefficient (Wildman–Crippen LogP) is 5.20. The van der Waals surface area contributed by atoms with Crippen molar-refractivity contribution in [3.63, 3.8) is 0 Å². The van der Waals surface area contributed by atoms with Gasteiger partial charge >= 0.3 is 0 Å². The van der Waals surface area contributed by atoms with Crippen LogP contribution < -0.4 is 10.1 Å². The average Bonchev–Trinajstić information content (AvgIpc) is 3.30. The molecule has 0 unspecified atom stereocenters. The van der Waals surface area contributed by atoms with E-state index in [2.05, 4.69) is 15.3 Å². The second-order valence-corrected chi connectivity index (χ2v) is 8.95. The number of nitrogens with zero attached hydrogens (tertiary/aromatic N) is 3. The van der Waals surface area contributed by atoms with Gasteiger partial charge in [-0.15, -0.1) is 11.3 Å². The van der Waals surface area contributed by atoms with Crippen molar-refractivity contribution in [1.82, 2.24) is 14.4 Å². The van der Waals surface area contributed by atoms with Crippen molar-refractivity contribution in [2.75, 3.05) is 5.32 Å². The fraction of sp³-hybridized carbons (Fsp3) is 0.292. The summed E-state index contributed by atoms with van der Waals surface area (Å²) >= 11 is 1.61. The van der Waals surface area contributed by atoms with E-state index in [0.29, 0.717) is 23.1 Å². The summed E-state index contributed by atoms with van der Waals surface area (Å²) in [7, 11) is 0. The van der Waals surface area contributed by atoms with Gasteiger partial charge in [0.05, 0.1) is 11.4 Å². The lowest BCUT2D eigenvalue weighted by Gasteiger charge is -2.06. The van der Waals surface area contributed by atoms with Gasteiger partial charge in [-0.1, -0.05) is 12.5 Å². The van der Waals surface area contributed by atoms with Crippen molar-refractivity contribution in [2.45, 2.75) is 45.6 Å². The molecule has 158 valence electrons. The maximum absolute atomic E-state index is 12.6. The molecule has 0 spiro atoms. The second kappa shape index (κ2) is 8.51. The quantitative estimate of drug-likeness (QED) is 0.440. The molecule has 0 saturated heterocycles. The molecule has 1 aliphatic rings. The van der Waals surface area contributed by atoms with Gasteiger partial charge in [0.25, 0.3) is 5.91 Å². The van der Waals surface area contributed by atoms with Crippen LogP contribution in [0.3, 0.4) is 0 Å².